The van der Waals surface area contributed by atoms with Crippen molar-refractivity contribution in [3.63, 3.8) is 0 Å². The van der Waals surface area contributed by atoms with E-state index in [-0.39, 0.29) is 12.5 Å². The number of amides is 2. The van der Waals surface area contributed by atoms with Crippen molar-refractivity contribution in [3.8, 4) is 22.2 Å². The molecule has 2 heterocycles. The van der Waals surface area contributed by atoms with Crippen LogP contribution in [0.3, 0.4) is 0 Å². The van der Waals surface area contributed by atoms with Crippen LogP contribution in [0.5, 0.6) is 0 Å². The highest BCUT2D eigenvalue weighted by molar-refractivity contribution is 7.15. The fourth-order valence-corrected chi connectivity index (χ4v) is 4.52. The number of likely N-dealkylation sites (N-methyl/N-ethyl adjacent to an activating group) is 1. The third-order valence-electron chi connectivity index (χ3n) is 5.57. The van der Waals surface area contributed by atoms with Crippen LogP contribution in [-0.4, -0.2) is 70.3 Å². The molecule has 3 rings (SSSR count). The van der Waals surface area contributed by atoms with Crippen LogP contribution in [0.4, 0.5) is 4.79 Å². The van der Waals surface area contributed by atoms with Crippen LogP contribution in [0.1, 0.15) is 29.9 Å². The molecular formula is C24H31N5O4S. The molecule has 0 saturated heterocycles. The number of thiophene rings is 1. The molecule has 1 aromatic carbocycles. The fourth-order valence-electron chi connectivity index (χ4n) is 3.38. The van der Waals surface area contributed by atoms with E-state index in [4.69, 9.17) is 9.63 Å². The van der Waals surface area contributed by atoms with E-state index in [1.54, 1.807) is 11.3 Å². The van der Waals surface area contributed by atoms with Crippen molar-refractivity contribution in [1.29, 1.82) is 0 Å². The number of rotatable bonds is 11. The number of aromatic nitrogens is 2. The van der Waals surface area contributed by atoms with Crippen molar-refractivity contribution in [2.75, 3.05) is 33.2 Å². The summed E-state index contributed by atoms with van der Waals surface area (Å²) < 4.78 is 5.54. The van der Waals surface area contributed by atoms with Gasteiger partial charge in [0.2, 0.25) is 11.7 Å². The predicted molar refractivity (Wildman–Crippen MR) is 132 cm³/mol. The summed E-state index contributed by atoms with van der Waals surface area (Å²) >= 11 is 1.69. The highest BCUT2D eigenvalue weighted by Gasteiger charge is 2.16. The maximum absolute atomic E-state index is 11.8. The standard InChI is InChI=1S/C24H31N5O4S/c1-5-29(6-2)14-20-16(3)13-19(34-20)23-26-22(27-33-23)18-9-7-17(8-10-18)11-12-25-21(30)15-28(4)24(31)32/h7-10,13H,5-6,11-12,14-15H2,1-4H3,(H,25,30)(H,31,32). The van der Waals surface area contributed by atoms with E-state index in [1.165, 1.54) is 17.5 Å². The van der Waals surface area contributed by atoms with Gasteiger partial charge in [0.1, 0.15) is 6.54 Å². The molecule has 2 amide bonds. The predicted octanol–water partition coefficient (Wildman–Crippen LogP) is 3.88. The van der Waals surface area contributed by atoms with Gasteiger partial charge in [-0.2, -0.15) is 4.98 Å². The Morgan fingerprint density at radius 2 is 1.88 bits per heavy atom. The third-order valence-corrected chi connectivity index (χ3v) is 6.78. The number of benzene rings is 1. The number of aryl methyl sites for hydroxylation is 1. The Bertz CT molecular complexity index is 1110. The van der Waals surface area contributed by atoms with Gasteiger partial charge in [-0.15, -0.1) is 11.3 Å². The van der Waals surface area contributed by atoms with E-state index in [9.17, 15) is 9.59 Å². The second-order valence-corrected chi connectivity index (χ2v) is 9.17. The Morgan fingerprint density at radius 3 is 2.53 bits per heavy atom. The topological polar surface area (TPSA) is 112 Å². The average molecular weight is 486 g/mol. The number of carbonyl (C=O) groups is 2. The SMILES string of the molecule is CCN(CC)Cc1sc(-c2nc(-c3ccc(CCNC(=O)CN(C)C(=O)O)cc3)no2)cc1C. The molecule has 0 aliphatic carbocycles. The van der Waals surface area contributed by atoms with Gasteiger partial charge in [-0.3, -0.25) is 9.69 Å². The number of nitrogens with zero attached hydrogens (tertiary/aromatic N) is 4. The minimum atomic E-state index is -1.13. The molecule has 0 aliphatic rings. The van der Waals surface area contributed by atoms with Crippen molar-refractivity contribution in [2.24, 2.45) is 0 Å². The highest BCUT2D eigenvalue weighted by atomic mass is 32.1. The lowest BCUT2D eigenvalue weighted by atomic mass is 10.1. The summed E-state index contributed by atoms with van der Waals surface area (Å²) in [5.41, 5.74) is 3.12. The summed E-state index contributed by atoms with van der Waals surface area (Å²) in [5, 5.41) is 15.7. The van der Waals surface area contributed by atoms with Crippen LogP contribution < -0.4 is 5.32 Å². The molecule has 10 heteroatoms. The molecule has 0 spiro atoms. The fraction of sp³-hybridized carbons (Fsp3) is 0.417. The Labute approximate surface area is 203 Å². The quantitative estimate of drug-likeness (QED) is 0.424. The van der Waals surface area contributed by atoms with Crippen LogP contribution in [0.2, 0.25) is 0 Å². The first-order chi connectivity index (χ1) is 16.3. The van der Waals surface area contributed by atoms with E-state index >= 15 is 0 Å². The lowest BCUT2D eigenvalue weighted by Crippen LogP contribution is -2.38. The molecule has 0 atom stereocenters. The van der Waals surface area contributed by atoms with Gasteiger partial charge in [0.05, 0.1) is 4.88 Å². The molecule has 2 aromatic heterocycles. The van der Waals surface area contributed by atoms with Gasteiger partial charge in [0.15, 0.2) is 0 Å². The average Bonchev–Trinajstić information content (AvgIpc) is 3.45. The summed E-state index contributed by atoms with van der Waals surface area (Å²) in [6, 6.07) is 9.87. The number of hydrogen-bond acceptors (Lipinski definition) is 7. The molecule has 0 saturated carbocycles. The minimum Gasteiger partial charge on any atom is -0.465 e. The summed E-state index contributed by atoms with van der Waals surface area (Å²) in [7, 11) is 1.36. The van der Waals surface area contributed by atoms with Crippen LogP contribution >= 0.6 is 11.3 Å². The lowest BCUT2D eigenvalue weighted by Gasteiger charge is -2.17. The third kappa shape index (κ3) is 6.64. The van der Waals surface area contributed by atoms with Crippen LogP contribution in [-0.2, 0) is 17.8 Å². The molecule has 9 nitrogen and oxygen atoms in total. The highest BCUT2D eigenvalue weighted by Crippen LogP contribution is 2.32. The zero-order valence-corrected chi connectivity index (χ0v) is 20.8. The molecular weight excluding hydrogens is 454 g/mol. The smallest absolute Gasteiger partial charge is 0.407 e. The van der Waals surface area contributed by atoms with E-state index < -0.39 is 6.09 Å². The van der Waals surface area contributed by atoms with Gasteiger partial charge < -0.3 is 19.8 Å². The number of carbonyl (C=O) groups excluding carboxylic acids is 1. The molecule has 2 N–H and O–H groups in total. The maximum Gasteiger partial charge on any atom is 0.407 e. The Kier molecular flexibility index (Phi) is 8.78. The van der Waals surface area contributed by atoms with Gasteiger partial charge in [0, 0.05) is 30.6 Å². The first kappa shape index (κ1) is 25.4. The molecule has 0 radical (unpaired) electrons. The van der Waals surface area contributed by atoms with Crippen molar-refractivity contribution in [2.45, 2.75) is 33.7 Å². The van der Waals surface area contributed by atoms with Gasteiger partial charge in [-0.1, -0.05) is 43.3 Å². The Balaban J connectivity index is 1.58. The first-order valence-electron chi connectivity index (χ1n) is 11.3. The van der Waals surface area contributed by atoms with Crippen molar-refractivity contribution < 1.29 is 19.2 Å². The largest absolute Gasteiger partial charge is 0.465 e. The summed E-state index contributed by atoms with van der Waals surface area (Å²) in [6.07, 6.45) is -0.506. The molecule has 0 bridgehead atoms. The van der Waals surface area contributed by atoms with Crippen LogP contribution in [0, 0.1) is 6.92 Å². The van der Waals surface area contributed by atoms with E-state index in [1.807, 2.05) is 24.3 Å². The maximum atomic E-state index is 11.8. The molecule has 3 aromatic rings. The molecule has 182 valence electrons. The second-order valence-electron chi connectivity index (χ2n) is 8.04. The summed E-state index contributed by atoms with van der Waals surface area (Å²) in [4.78, 5) is 32.7. The molecule has 34 heavy (non-hydrogen) atoms. The van der Waals surface area contributed by atoms with Gasteiger partial charge in [-0.05, 0) is 43.6 Å². The Morgan fingerprint density at radius 1 is 1.18 bits per heavy atom. The Hall–Kier alpha value is -3.24. The van der Waals surface area contributed by atoms with E-state index in [0.717, 1.165) is 40.5 Å². The first-order valence-corrected chi connectivity index (χ1v) is 12.1. The molecule has 0 fully saturated rings. The molecule has 0 aliphatic heterocycles. The van der Waals surface area contributed by atoms with Crippen LogP contribution in [0.15, 0.2) is 34.9 Å². The van der Waals surface area contributed by atoms with E-state index in [2.05, 4.69) is 47.2 Å². The van der Waals surface area contributed by atoms with Crippen LogP contribution in [0.25, 0.3) is 22.2 Å². The van der Waals surface area contributed by atoms with E-state index in [0.29, 0.717) is 24.7 Å². The number of nitrogens with one attached hydrogen (secondary N) is 1. The monoisotopic (exact) mass is 485 g/mol. The van der Waals surface area contributed by atoms with Crippen molar-refractivity contribution in [1.82, 2.24) is 25.3 Å². The zero-order valence-electron chi connectivity index (χ0n) is 20.0. The number of carboxylic acid groups (broad SMARTS) is 1. The van der Waals surface area contributed by atoms with Gasteiger partial charge in [0.25, 0.3) is 5.89 Å². The van der Waals surface area contributed by atoms with Crippen molar-refractivity contribution >= 4 is 23.3 Å². The van der Waals surface area contributed by atoms with Gasteiger partial charge >= 0.3 is 6.09 Å². The number of hydrogen-bond donors (Lipinski definition) is 2. The minimum absolute atomic E-state index is 0.185. The summed E-state index contributed by atoms with van der Waals surface area (Å²) in [5.74, 6) is 0.722. The zero-order chi connectivity index (χ0) is 24.7. The summed E-state index contributed by atoms with van der Waals surface area (Å²) in [6.45, 7) is 9.63. The molecule has 0 unspecified atom stereocenters. The normalized spacial score (nSPS) is 11.1. The van der Waals surface area contributed by atoms with Gasteiger partial charge in [-0.25, -0.2) is 4.79 Å². The van der Waals surface area contributed by atoms with Crippen molar-refractivity contribution in [3.05, 3.63) is 46.3 Å². The second kappa shape index (κ2) is 11.8. The lowest BCUT2D eigenvalue weighted by molar-refractivity contribution is -0.121.